The lowest BCUT2D eigenvalue weighted by Gasteiger charge is -2.09. The molecule has 2 aromatic rings. The Morgan fingerprint density at radius 2 is 1.65 bits per heavy atom. The van der Waals surface area contributed by atoms with Gasteiger partial charge in [0.05, 0.1) is 0 Å². The molecule has 0 saturated heterocycles. The Bertz CT molecular complexity index is 632. The number of carbonyl (C=O) groups is 2. The molecule has 0 aliphatic heterocycles. The van der Waals surface area contributed by atoms with E-state index in [2.05, 4.69) is 0 Å². The van der Waals surface area contributed by atoms with Crippen LogP contribution in [0.4, 0.5) is 0 Å². The Morgan fingerprint density at radius 1 is 0.950 bits per heavy atom. The fourth-order valence-corrected chi connectivity index (χ4v) is 1.69. The summed E-state index contributed by atoms with van der Waals surface area (Å²) < 4.78 is 10.3. The fourth-order valence-electron chi connectivity index (χ4n) is 1.69. The van der Waals surface area contributed by atoms with Gasteiger partial charge in [-0.05, 0) is 36.8 Å². The van der Waals surface area contributed by atoms with Crippen LogP contribution in [0.25, 0.3) is 0 Å². The number of para-hydroxylation sites is 1. The van der Waals surface area contributed by atoms with Crippen molar-refractivity contribution in [1.82, 2.24) is 0 Å². The number of hydrogen-bond donors (Lipinski definition) is 0. The molecule has 0 spiro atoms. The maximum Gasteiger partial charge on any atom is 0.347 e. The van der Waals surface area contributed by atoms with Crippen LogP contribution in [0.5, 0.6) is 11.5 Å². The summed E-state index contributed by atoms with van der Waals surface area (Å²) in [5.41, 5.74) is 1.10. The molecule has 0 aromatic heterocycles. The Labute approximate surface area is 116 Å². The van der Waals surface area contributed by atoms with Gasteiger partial charge >= 0.3 is 11.9 Å². The van der Waals surface area contributed by atoms with Crippen molar-refractivity contribution in [3.63, 3.8) is 0 Å². The number of benzene rings is 2. The molecule has 0 radical (unpaired) electrons. The molecule has 0 amide bonds. The third-order valence-electron chi connectivity index (χ3n) is 2.56. The summed E-state index contributed by atoms with van der Waals surface area (Å²) in [4.78, 5) is 23.2. The van der Waals surface area contributed by atoms with E-state index in [4.69, 9.17) is 9.47 Å². The molecule has 0 aliphatic carbocycles. The Hall–Kier alpha value is -2.62. The second-order valence-corrected chi connectivity index (χ2v) is 4.30. The van der Waals surface area contributed by atoms with E-state index >= 15 is 0 Å². The highest BCUT2D eigenvalue weighted by atomic mass is 16.5. The number of rotatable bonds is 3. The Kier molecular flexibility index (Phi) is 4.15. The third kappa shape index (κ3) is 3.45. The summed E-state index contributed by atoms with van der Waals surface area (Å²) in [5, 5.41) is 0. The van der Waals surface area contributed by atoms with Gasteiger partial charge in [0.15, 0.2) is 0 Å². The highest BCUT2D eigenvalue weighted by molar-refractivity contribution is 5.94. The van der Waals surface area contributed by atoms with Gasteiger partial charge in [0, 0.05) is 6.92 Å². The van der Waals surface area contributed by atoms with Crippen molar-refractivity contribution in [2.45, 2.75) is 13.8 Å². The molecule has 0 fully saturated rings. The number of carbonyl (C=O) groups excluding carboxylic acids is 2. The quantitative estimate of drug-likeness (QED) is 0.635. The van der Waals surface area contributed by atoms with Crippen LogP contribution in [0.15, 0.2) is 48.5 Å². The molecule has 4 heteroatoms. The normalized spacial score (nSPS) is 9.90. The average molecular weight is 270 g/mol. The second kappa shape index (κ2) is 6.02. The Balaban J connectivity index is 2.27. The SMILES string of the molecule is CC(=O)Oc1cc(C)ccc1C(=O)Oc1ccccc1. The predicted octanol–water partition coefficient (Wildman–Crippen LogP) is 3.14. The molecule has 0 atom stereocenters. The maximum atomic E-state index is 12.1. The molecule has 0 aliphatic rings. The number of ether oxygens (including phenoxy) is 2. The molecule has 2 aromatic carbocycles. The lowest BCUT2D eigenvalue weighted by Crippen LogP contribution is -2.12. The lowest BCUT2D eigenvalue weighted by atomic mass is 10.1. The number of aryl methyl sites for hydroxylation is 1. The summed E-state index contributed by atoms with van der Waals surface area (Å²) in [6.07, 6.45) is 0. The van der Waals surface area contributed by atoms with Gasteiger partial charge < -0.3 is 9.47 Å². The van der Waals surface area contributed by atoms with Crippen molar-refractivity contribution in [3.05, 3.63) is 59.7 Å². The molecular weight excluding hydrogens is 256 g/mol. The van der Waals surface area contributed by atoms with Crippen LogP contribution >= 0.6 is 0 Å². The van der Waals surface area contributed by atoms with Gasteiger partial charge in [0.1, 0.15) is 17.1 Å². The van der Waals surface area contributed by atoms with Gasteiger partial charge in [0.2, 0.25) is 0 Å². The molecular formula is C16H14O4. The van der Waals surface area contributed by atoms with E-state index in [-0.39, 0.29) is 11.3 Å². The number of esters is 2. The molecule has 0 saturated carbocycles. The summed E-state index contributed by atoms with van der Waals surface area (Å²) in [6.45, 7) is 3.13. The van der Waals surface area contributed by atoms with E-state index < -0.39 is 11.9 Å². The third-order valence-corrected chi connectivity index (χ3v) is 2.56. The van der Waals surface area contributed by atoms with E-state index in [1.54, 1.807) is 42.5 Å². The first kappa shape index (κ1) is 13.8. The molecule has 2 rings (SSSR count). The first-order valence-electron chi connectivity index (χ1n) is 6.12. The molecule has 0 unspecified atom stereocenters. The van der Waals surface area contributed by atoms with E-state index in [1.165, 1.54) is 6.92 Å². The molecule has 0 heterocycles. The lowest BCUT2D eigenvalue weighted by molar-refractivity contribution is -0.131. The van der Waals surface area contributed by atoms with Crippen molar-refractivity contribution in [2.75, 3.05) is 0 Å². The second-order valence-electron chi connectivity index (χ2n) is 4.30. The minimum absolute atomic E-state index is 0.207. The summed E-state index contributed by atoms with van der Waals surface area (Å²) >= 11 is 0. The van der Waals surface area contributed by atoms with Crippen molar-refractivity contribution in [2.24, 2.45) is 0 Å². The van der Waals surface area contributed by atoms with Gasteiger partial charge in [-0.15, -0.1) is 0 Å². The smallest absolute Gasteiger partial charge is 0.347 e. The first-order valence-corrected chi connectivity index (χ1v) is 6.12. The maximum absolute atomic E-state index is 12.1. The van der Waals surface area contributed by atoms with Crippen LogP contribution in [-0.2, 0) is 4.79 Å². The molecule has 4 nitrogen and oxygen atoms in total. The molecule has 0 bridgehead atoms. The minimum atomic E-state index is -0.563. The van der Waals surface area contributed by atoms with Crippen LogP contribution in [0.3, 0.4) is 0 Å². The van der Waals surface area contributed by atoms with Crippen molar-refractivity contribution in [3.8, 4) is 11.5 Å². The predicted molar refractivity (Wildman–Crippen MR) is 73.9 cm³/mol. The highest BCUT2D eigenvalue weighted by Gasteiger charge is 2.16. The van der Waals surface area contributed by atoms with Gasteiger partial charge in [-0.3, -0.25) is 4.79 Å². The van der Waals surface area contributed by atoms with Crippen LogP contribution in [-0.4, -0.2) is 11.9 Å². The van der Waals surface area contributed by atoms with E-state index in [1.807, 2.05) is 13.0 Å². The van der Waals surface area contributed by atoms with Crippen LogP contribution < -0.4 is 9.47 Å². The molecule has 0 N–H and O–H groups in total. The van der Waals surface area contributed by atoms with Crippen molar-refractivity contribution >= 4 is 11.9 Å². The Morgan fingerprint density at radius 3 is 2.30 bits per heavy atom. The van der Waals surface area contributed by atoms with E-state index in [9.17, 15) is 9.59 Å². The van der Waals surface area contributed by atoms with E-state index in [0.717, 1.165) is 5.56 Å². The summed E-state index contributed by atoms with van der Waals surface area (Å²) in [5.74, 6) is -0.401. The molecule has 20 heavy (non-hydrogen) atoms. The minimum Gasteiger partial charge on any atom is -0.426 e. The van der Waals surface area contributed by atoms with Gasteiger partial charge in [-0.1, -0.05) is 24.3 Å². The van der Waals surface area contributed by atoms with Crippen molar-refractivity contribution in [1.29, 1.82) is 0 Å². The zero-order valence-corrected chi connectivity index (χ0v) is 11.3. The van der Waals surface area contributed by atoms with Crippen molar-refractivity contribution < 1.29 is 19.1 Å². The fraction of sp³-hybridized carbons (Fsp3) is 0.125. The highest BCUT2D eigenvalue weighted by Crippen LogP contribution is 2.22. The monoisotopic (exact) mass is 270 g/mol. The number of hydrogen-bond acceptors (Lipinski definition) is 4. The topological polar surface area (TPSA) is 52.6 Å². The standard InChI is InChI=1S/C16H14O4/c1-11-8-9-14(15(10-11)19-12(2)17)16(18)20-13-6-4-3-5-7-13/h3-10H,1-2H3. The molecule has 102 valence electrons. The zero-order chi connectivity index (χ0) is 14.5. The van der Waals surface area contributed by atoms with Gasteiger partial charge in [-0.25, -0.2) is 4.79 Å². The first-order chi connectivity index (χ1) is 9.56. The largest absolute Gasteiger partial charge is 0.426 e. The van der Waals surface area contributed by atoms with Gasteiger partial charge in [0.25, 0.3) is 0 Å². The van der Waals surface area contributed by atoms with Gasteiger partial charge in [-0.2, -0.15) is 0 Å². The van der Waals surface area contributed by atoms with Crippen LogP contribution in [0, 0.1) is 6.92 Å². The zero-order valence-electron chi connectivity index (χ0n) is 11.3. The van der Waals surface area contributed by atoms with E-state index in [0.29, 0.717) is 5.75 Å². The summed E-state index contributed by atoms with van der Waals surface area (Å²) in [6, 6.07) is 13.7. The summed E-state index contributed by atoms with van der Waals surface area (Å²) in [7, 11) is 0. The van der Waals surface area contributed by atoms with Crippen LogP contribution in [0.1, 0.15) is 22.8 Å². The van der Waals surface area contributed by atoms with Crippen LogP contribution in [0.2, 0.25) is 0 Å². The average Bonchev–Trinajstić information content (AvgIpc) is 2.39.